The summed E-state index contributed by atoms with van der Waals surface area (Å²) in [6.07, 6.45) is 4.47. The van der Waals surface area contributed by atoms with Crippen LogP contribution in [-0.4, -0.2) is 94.9 Å². The highest BCUT2D eigenvalue weighted by molar-refractivity contribution is 6.04. The number of methoxy groups -OCH3 is 2. The van der Waals surface area contributed by atoms with E-state index in [1.807, 2.05) is 98.3 Å². The number of benzene rings is 3. The first kappa shape index (κ1) is 40.4. The molecule has 15 nitrogen and oxygen atoms in total. The summed E-state index contributed by atoms with van der Waals surface area (Å²) in [7, 11) is 2.58. The van der Waals surface area contributed by atoms with Crippen LogP contribution in [0, 0.1) is 11.8 Å². The van der Waals surface area contributed by atoms with E-state index in [-0.39, 0.29) is 35.7 Å². The maximum absolute atomic E-state index is 13.7. The fourth-order valence-corrected chi connectivity index (χ4v) is 8.60. The van der Waals surface area contributed by atoms with Crippen LogP contribution in [-0.2, 0) is 19.1 Å². The van der Waals surface area contributed by atoms with Crippen molar-refractivity contribution in [3.63, 3.8) is 0 Å². The Hall–Kier alpha value is -6.38. The molecule has 0 spiro atoms. The number of aromatic amines is 1. The topological polar surface area (TPSA) is 177 Å². The number of rotatable bonds is 10. The number of aliphatic imine (C=N–C) groups is 1. The van der Waals surface area contributed by atoms with Crippen molar-refractivity contribution in [3.05, 3.63) is 72.2 Å². The van der Waals surface area contributed by atoms with Crippen molar-refractivity contribution in [1.82, 2.24) is 30.4 Å². The Balaban J connectivity index is 0.934. The van der Waals surface area contributed by atoms with Gasteiger partial charge in [0.25, 0.3) is 0 Å². The number of ether oxygens (including phenoxy) is 4. The van der Waals surface area contributed by atoms with E-state index in [4.69, 9.17) is 28.9 Å². The van der Waals surface area contributed by atoms with E-state index in [0.29, 0.717) is 48.3 Å². The first-order valence-corrected chi connectivity index (χ1v) is 20.6. The third-order valence-corrected chi connectivity index (χ3v) is 11.8. The number of allylic oxidation sites excluding steroid dienone is 1. The molecule has 1 aromatic heterocycles. The summed E-state index contributed by atoms with van der Waals surface area (Å²) in [4.78, 5) is 68.1. The van der Waals surface area contributed by atoms with Gasteiger partial charge >= 0.3 is 12.2 Å². The lowest BCUT2D eigenvalue weighted by Crippen LogP contribution is -2.53. The maximum atomic E-state index is 13.7. The van der Waals surface area contributed by atoms with Gasteiger partial charge < -0.3 is 44.4 Å². The predicted molar refractivity (Wildman–Crippen MR) is 225 cm³/mol. The number of carbonyl (C=O) groups is 4. The molecule has 3 N–H and O–H groups in total. The summed E-state index contributed by atoms with van der Waals surface area (Å²) in [5.41, 5.74) is 6.42. The number of imidazole rings is 1. The van der Waals surface area contributed by atoms with Crippen molar-refractivity contribution in [2.24, 2.45) is 16.8 Å². The lowest BCUT2D eigenvalue weighted by molar-refractivity contribution is -0.135. The minimum atomic E-state index is -0.706. The molecular weight excluding hydrogens is 767 g/mol. The Bertz CT molecular complexity index is 2400. The fraction of sp³-hybridized carbons (Fsp3) is 0.422. The van der Waals surface area contributed by atoms with Gasteiger partial charge in [0.2, 0.25) is 11.8 Å². The molecule has 60 heavy (non-hydrogen) atoms. The Kier molecular flexibility index (Phi) is 11.2. The molecule has 3 aromatic carbocycles. The van der Waals surface area contributed by atoms with Crippen molar-refractivity contribution in [2.75, 3.05) is 27.3 Å². The molecule has 4 aliphatic rings. The molecule has 4 atom stereocenters. The standard InChI is InChI=1S/C45H51N7O8/c1-24(2)39(49-44(55)57-5)42(53)51-17-7-9-33(51)32-20-29(23-46-32)28-13-16-36-38(22-28)60-35-15-12-27(21-37(35)59-36)26-11-14-30-31(19-26)48-41(47-30)34-10-8-18-52(34)43(54)40(25(3)4)50-45(56)58-6/h11-16,19,21-25,33-34,39-40H,7-10,17-18,20H2,1-6H3,(H,47,48)(H,49,55)(H,50,56)/t33-,34-,39-,40-/m0/s1. The molecule has 5 heterocycles. The predicted octanol–water partition coefficient (Wildman–Crippen LogP) is 7.73. The van der Waals surface area contributed by atoms with Crippen molar-refractivity contribution >= 4 is 46.3 Å². The molecule has 0 saturated carbocycles. The molecule has 4 aromatic rings. The second kappa shape index (κ2) is 16.7. The molecule has 2 fully saturated rings. The monoisotopic (exact) mass is 817 g/mol. The number of nitrogens with zero attached hydrogens (tertiary/aromatic N) is 4. The van der Waals surface area contributed by atoms with Crippen LogP contribution in [0.25, 0.3) is 27.7 Å². The Labute approximate surface area is 348 Å². The van der Waals surface area contributed by atoms with Crippen LogP contribution in [0.15, 0.2) is 65.8 Å². The van der Waals surface area contributed by atoms with Crippen molar-refractivity contribution in [1.29, 1.82) is 0 Å². The minimum Gasteiger partial charge on any atom is -0.453 e. The maximum Gasteiger partial charge on any atom is 0.407 e. The first-order valence-electron chi connectivity index (χ1n) is 20.6. The van der Waals surface area contributed by atoms with Gasteiger partial charge in [0.05, 0.1) is 37.3 Å². The summed E-state index contributed by atoms with van der Waals surface area (Å²) < 4.78 is 22.3. The summed E-state index contributed by atoms with van der Waals surface area (Å²) in [6.45, 7) is 8.79. The van der Waals surface area contributed by atoms with Crippen LogP contribution in [0.1, 0.15) is 77.2 Å². The normalized spacial score (nSPS) is 19.2. The van der Waals surface area contributed by atoms with Crippen LogP contribution in [0.4, 0.5) is 9.59 Å². The third-order valence-electron chi connectivity index (χ3n) is 11.8. The number of hydrogen-bond donors (Lipinski definition) is 3. The fourth-order valence-electron chi connectivity index (χ4n) is 8.60. The van der Waals surface area contributed by atoms with Crippen molar-refractivity contribution in [3.8, 4) is 34.1 Å². The molecule has 314 valence electrons. The Morgan fingerprint density at radius 2 is 1.25 bits per heavy atom. The highest BCUT2D eigenvalue weighted by Gasteiger charge is 2.40. The number of aromatic nitrogens is 2. The average molecular weight is 818 g/mol. The summed E-state index contributed by atoms with van der Waals surface area (Å²) in [5.74, 6) is 2.59. The third kappa shape index (κ3) is 7.87. The Morgan fingerprint density at radius 1 is 0.717 bits per heavy atom. The second-order valence-corrected chi connectivity index (χ2v) is 16.4. The van der Waals surface area contributed by atoms with Gasteiger partial charge in [-0.15, -0.1) is 0 Å². The zero-order valence-electron chi connectivity index (χ0n) is 34.7. The molecule has 0 aliphatic carbocycles. The zero-order valence-corrected chi connectivity index (χ0v) is 34.7. The van der Waals surface area contributed by atoms with Gasteiger partial charge in [-0.05, 0) is 96.2 Å². The van der Waals surface area contributed by atoms with Gasteiger partial charge in [0.15, 0.2) is 23.0 Å². The second-order valence-electron chi connectivity index (χ2n) is 16.4. The number of H-pyrrole nitrogens is 1. The molecule has 15 heteroatoms. The number of nitrogens with one attached hydrogen (secondary N) is 3. The molecule has 0 radical (unpaired) electrons. The number of likely N-dealkylation sites (tertiary alicyclic amines) is 2. The molecule has 0 unspecified atom stereocenters. The molecule has 0 bridgehead atoms. The molecule has 4 aliphatic heterocycles. The first-order chi connectivity index (χ1) is 28.9. The van der Waals surface area contributed by atoms with E-state index in [1.165, 1.54) is 14.2 Å². The quantitative estimate of drug-likeness (QED) is 0.127. The van der Waals surface area contributed by atoms with Crippen molar-refractivity contribution < 1.29 is 38.1 Å². The minimum absolute atomic E-state index is 0.107. The highest BCUT2D eigenvalue weighted by atomic mass is 16.6. The van der Waals surface area contributed by atoms with Crippen LogP contribution in [0.5, 0.6) is 23.0 Å². The summed E-state index contributed by atoms with van der Waals surface area (Å²) >= 11 is 0. The van der Waals surface area contributed by atoms with Crippen LogP contribution in [0.2, 0.25) is 0 Å². The van der Waals surface area contributed by atoms with Gasteiger partial charge in [-0.3, -0.25) is 14.6 Å². The number of amides is 4. The van der Waals surface area contributed by atoms with Crippen LogP contribution >= 0.6 is 0 Å². The van der Waals surface area contributed by atoms with E-state index in [9.17, 15) is 19.2 Å². The molecule has 4 amide bonds. The van der Waals surface area contributed by atoms with Gasteiger partial charge in [-0.25, -0.2) is 14.6 Å². The Morgan fingerprint density at radius 3 is 1.85 bits per heavy atom. The summed E-state index contributed by atoms with van der Waals surface area (Å²) in [6, 6.07) is 16.0. The SMILES string of the molecule is COC(=O)N[C@H](C(=O)N1CCC[C@H]1C1=NC=C(c2ccc3c(c2)Oc2ccc(-c4ccc5nc([C@@H]6CCCN6C(=O)[C@@H](NC(=O)OC)C(C)C)[nH]c5c4)cc2O3)C1)C(C)C. The van der Waals surface area contributed by atoms with E-state index in [2.05, 4.69) is 15.6 Å². The van der Waals surface area contributed by atoms with E-state index in [1.54, 1.807) is 0 Å². The number of hydrogen-bond acceptors (Lipinski definition) is 10. The van der Waals surface area contributed by atoms with Gasteiger partial charge in [-0.1, -0.05) is 45.9 Å². The van der Waals surface area contributed by atoms with Crippen molar-refractivity contribution in [2.45, 2.75) is 84.0 Å². The highest BCUT2D eigenvalue weighted by Crippen LogP contribution is 2.48. The number of carbonyl (C=O) groups excluding carboxylic acids is 4. The number of fused-ring (bicyclic) bond motifs is 3. The van der Waals surface area contributed by atoms with E-state index in [0.717, 1.165) is 64.7 Å². The average Bonchev–Trinajstić information content (AvgIpc) is 4.09. The smallest absolute Gasteiger partial charge is 0.407 e. The zero-order chi connectivity index (χ0) is 42.2. The largest absolute Gasteiger partial charge is 0.453 e. The summed E-state index contributed by atoms with van der Waals surface area (Å²) in [5, 5.41) is 5.41. The van der Waals surface area contributed by atoms with Crippen LogP contribution in [0.3, 0.4) is 0 Å². The number of alkyl carbamates (subject to hydrolysis) is 2. The molecule has 2 saturated heterocycles. The molecular formula is C45H51N7O8. The van der Waals surface area contributed by atoms with E-state index < -0.39 is 24.3 Å². The van der Waals surface area contributed by atoms with E-state index >= 15 is 0 Å². The molecule has 8 rings (SSSR count). The van der Waals surface area contributed by atoms with Gasteiger partial charge in [0.1, 0.15) is 17.9 Å². The van der Waals surface area contributed by atoms with Gasteiger partial charge in [0, 0.05) is 31.4 Å². The lowest BCUT2D eigenvalue weighted by atomic mass is 9.97. The van der Waals surface area contributed by atoms with Gasteiger partial charge in [-0.2, -0.15) is 0 Å². The lowest BCUT2D eigenvalue weighted by Gasteiger charge is -2.31. The van der Waals surface area contributed by atoms with Crippen LogP contribution < -0.4 is 20.1 Å².